The van der Waals surface area contributed by atoms with Crippen molar-refractivity contribution in [1.29, 1.82) is 0 Å². The summed E-state index contributed by atoms with van der Waals surface area (Å²) < 4.78 is 5.97. The van der Waals surface area contributed by atoms with Crippen LogP contribution < -0.4 is 5.32 Å². The first-order valence-electron chi connectivity index (χ1n) is 29.7. The Bertz CT molecular complexity index is 1100. The van der Waals surface area contributed by atoms with Crippen LogP contribution in [0.3, 0.4) is 0 Å². The molecule has 6 nitrogen and oxygen atoms in total. The maximum absolute atomic E-state index is 13.3. The Morgan fingerprint density at radius 3 is 1.18 bits per heavy atom. The molecule has 0 heterocycles. The lowest BCUT2D eigenvalue weighted by Gasteiger charge is -2.24. The Morgan fingerprint density at radius 2 is 0.761 bits per heavy atom. The third kappa shape index (κ3) is 50.3. The van der Waals surface area contributed by atoms with Crippen LogP contribution in [-0.2, 0) is 14.3 Å². The molecule has 3 N–H and O–H groups in total. The van der Waals surface area contributed by atoms with Crippen LogP contribution in [0.5, 0.6) is 0 Å². The van der Waals surface area contributed by atoms with Crippen molar-refractivity contribution in [2.45, 2.75) is 334 Å². The summed E-state index contributed by atoms with van der Waals surface area (Å²) in [5, 5.41) is 23.9. The second-order valence-electron chi connectivity index (χ2n) is 20.4. The molecule has 3 atom stereocenters. The molecule has 3 unspecified atom stereocenters. The van der Waals surface area contributed by atoms with Gasteiger partial charge in [0.2, 0.25) is 5.91 Å². The van der Waals surface area contributed by atoms with E-state index >= 15 is 0 Å². The number of esters is 1. The maximum Gasteiger partial charge on any atom is 0.306 e. The monoisotopic (exact) mass is 942 g/mol. The quantitative estimate of drug-likeness (QED) is 0.0321. The fraction of sp³-hybridized carbons (Fsp3) is 0.869. The van der Waals surface area contributed by atoms with Gasteiger partial charge in [0, 0.05) is 6.42 Å². The zero-order valence-corrected chi connectivity index (χ0v) is 45.0. The number of hydrogen-bond acceptors (Lipinski definition) is 5. The summed E-state index contributed by atoms with van der Waals surface area (Å²) in [6.07, 6.45) is 66.3. The minimum Gasteiger partial charge on any atom is -0.462 e. The second kappa shape index (κ2) is 55.0. The van der Waals surface area contributed by atoms with Gasteiger partial charge in [0.15, 0.2) is 0 Å². The third-order valence-electron chi connectivity index (χ3n) is 13.7. The molecular weight excluding hydrogens is 827 g/mol. The Labute approximate surface area is 417 Å². The number of allylic oxidation sites excluding steroid dienone is 6. The Balaban J connectivity index is 4.56. The molecule has 0 fully saturated rings. The molecule has 6 heteroatoms. The number of hydrogen-bond donors (Lipinski definition) is 3. The number of carbonyl (C=O) groups excluding carboxylic acids is 2. The zero-order valence-electron chi connectivity index (χ0n) is 45.0. The standard InChI is InChI=1S/C61H115NO5/c1-4-7-10-13-16-19-22-25-28-30-32-34-37-40-43-46-49-52-57(67-61(66)54-51-48-45-42-39-36-33-31-29-26-23-20-17-14-11-8-5-2)55-60(65)62-58(56-63)59(64)53-50-47-44-41-38-35-27-24-21-18-15-12-9-6-3/h17,20,25-26,28-29,57-59,63-64H,4-16,18-19,21-24,27,30-56H2,1-3H3,(H,62,65)/b20-17-,28-25+,29-26-. The van der Waals surface area contributed by atoms with Crippen LogP contribution in [-0.4, -0.2) is 46.9 Å². The highest BCUT2D eigenvalue weighted by atomic mass is 16.5. The van der Waals surface area contributed by atoms with Crippen molar-refractivity contribution in [1.82, 2.24) is 5.32 Å². The lowest BCUT2D eigenvalue weighted by molar-refractivity contribution is -0.151. The van der Waals surface area contributed by atoms with Crippen LogP contribution in [0, 0.1) is 0 Å². The Kier molecular flexibility index (Phi) is 53.4. The molecule has 0 saturated heterocycles. The van der Waals surface area contributed by atoms with E-state index in [4.69, 9.17) is 4.74 Å². The molecule has 0 aromatic rings. The summed E-state index contributed by atoms with van der Waals surface area (Å²) in [4.78, 5) is 26.3. The van der Waals surface area contributed by atoms with E-state index in [2.05, 4.69) is 62.5 Å². The predicted octanol–water partition coefficient (Wildman–Crippen LogP) is 18.4. The zero-order chi connectivity index (χ0) is 48.8. The molecule has 0 radical (unpaired) electrons. The van der Waals surface area contributed by atoms with Gasteiger partial charge in [0.1, 0.15) is 6.10 Å². The highest BCUT2D eigenvalue weighted by molar-refractivity contribution is 5.77. The first-order chi connectivity index (χ1) is 33.0. The predicted molar refractivity (Wildman–Crippen MR) is 292 cm³/mol. The molecule has 394 valence electrons. The minimum atomic E-state index is -0.789. The second-order valence-corrected chi connectivity index (χ2v) is 20.4. The summed E-state index contributed by atoms with van der Waals surface area (Å²) in [6, 6.07) is -0.703. The third-order valence-corrected chi connectivity index (χ3v) is 13.7. The number of unbranched alkanes of at least 4 members (excludes halogenated alkanes) is 36. The van der Waals surface area contributed by atoms with Crippen LogP contribution in [0.15, 0.2) is 36.5 Å². The first-order valence-corrected chi connectivity index (χ1v) is 29.7. The molecule has 1 amide bonds. The smallest absolute Gasteiger partial charge is 0.306 e. The van der Waals surface area contributed by atoms with Gasteiger partial charge in [0.05, 0.1) is 25.2 Å². The van der Waals surface area contributed by atoms with Crippen LogP contribution in [0.4, 0.5) is 0 Å². The summed E-state index contributed by atoms with van der Waals surface area (Å²) in [5.41, 5.74) is 0. The molecule has 0 rings (SSSR count). The average Bonchev–Trinajstić information content (AvgIpc) is 3.32. The van der Waals surface area contributed by atoms with Gasteiger partial charge < -0.3 is 20.3 Å². The largest absolute Gasteiger partial charge is 0.462 e. The van der Waals surface area contributed by atoms with Crippen molar-refractivity contribution in [3.05, 3.63) is 36.5 Å². The number of rotatable bonds is 54. The molecule has 0 spiro atoms. The summed E-state index contributed by atoms with van der Waals surface area (Å²) >= 11 is 0. The topological polar surface area (TPSA) is 95.9 Å². The van der Waals surface area contributed by atoms with Crippen LogP contribution in [0.25, 0.3) is 0 Å². The number of amides is 1. The van der Waals surface area contributed by atoms with Gasteiger partial charge >= 0.3 is 5.97 Å². The average molecular weight is 943 g/mol. The number of nitrogens with one attached hydrogen (secondary N) is 1. The van der Waals surface area contributed by atoms with Gasteiger partial charge in [-0.3, -0.25) is 9.59 Å². The summed E-state index contributed by atoms with van der Waals surface area (Å²) in [7, 11) is 0. The number of aliphatic hydroxyl groups excluding tert-OH is 2. The van der Waals surface area contributed by atoms with Gasteiger partial charge in [-0.1, -0.05) is 256 Å². The molecular formula is C61H115NO5. The van der Waals surface area contributed by atoms with Crippen molar-refractivity contribution in [2.24, 2.45) is 0 Å². The molecule has 0 bridgehead atoms. The summed E-state index contributed by atoms with van der Waals surface area (Å²) in [5.74, 6) is -0.471. The van der Waals surface area contributed by atoms with Crippen molar-refractivity contribution in [2.75, 3.05) is 6.61 Å². The Morgan fingerprint density at radius 1 is 0.433 bits per heavy atom. The normalized spacial score (nSPS) is 13.3. The Hall–Kier alpha value is -1.92. The van der Waals surface area contributed by atoms with Crippen LogP contribution in [0.2, 0.25) is 0 Å². The van der Waals surface area contributed by atoms with Gasteiger partial charge in [-0.25, -0.2) is 0 Å². The van der Waals surface area contributed by atoms with E-state index in [1.807, 2.05) is 0 Å². The molecule has 0 aliphatic rings. The molecule has 67 heavy (non-hydrogen) atoms. The molecule has 0 saturated carbocycles. The molecule has 0 aliphatic carbocycles. The van der Waals surface area contributed by atoms with E-state index in [0.717, 1.165) is 64.2 Å². The first kappa shape index (κ1) is 65.1. The lowest BCUT2D eigenvalue weighted by atomic mass is 10.0. The minimum absolute atomic E-state index is 0.0745. The van der Waals surface area contributed by atoms with E-state index in [1.165, 1.54) is 205 Å². The van der Waals surface area contributed by atoms with Gasteiger partial charge in [-0.2, -0.15) is 0 Å². The number of ether oxygens (including phenoxy) is 1. The maximum atomic E-state index is 13.3. The van der Waals surface area contributed by atoms with Gasteiger partial charge in [-0.05, 0) is 83.5 Å². The van der Waals surface area contributed by atoms with E-state index in [9.17, 15) is 19.8 Å². The van der Waals surface area contributed by atoms with E-state index in [1.54, 1.807) is 0 Å². The number of carbonyl (C=O) groups is 2. The SMILES string of the molecule is CCCCC/C=C\C/C=C\CCCCCCCCCC(=O)OC(CCCCCCCCC/C=C/CCCCCCCC)CC(=O)NC(CO)C(O)CCCCCCCCCCCCCCCC. The lowest BCUT2D eigenvalue weighted by Crippen LogP contribution is -2.46. The summed E-state index contributed by atoms with van der Waals surface area (Å²) in [6.45, 7) is 6.49. The van der Waals surface area contributed by atoms with E-state index in [0.29, 0.717) is 19.3 Å². The molecule has 0 aliphatic heterocycles. The van der Waals surface area contributed by atoms with E-state index in [-0.39, 0.29) is 24.9 Å². The van der Waals surface area contributed by atoms with Crippen molar-refractivity contribution in [3.63, 3.8) is 0 Å². The highest BCUT2D eigenvalue weighted by Gasteiger charge is 2.24. The van der Waals surface area contributed by atoms with Crippen molar-refractivity contribution >= 4 is 11.9 Å². The van der Waals surface area contributed by atoms with Gasteiger partial charge in [-0.15, -0.1) is 0 Å². The molecule has 0 aromatic heterocycles. The number of aliphatic hydroxyl groups is 2. The molecule has 0 aromatic carbocycles. The fourth-order valence-corrected chi connectivity index (χ4v) is 9.16. The highest BCUT2D eigenvalue weighted by Crippen LogP contribution is 2.19. The van der Waals surface area contributed by atoms with Crippen molar-refractivity contribution < 1.29 is 24.5 Å². The van der Waals surface area contributed by atoms with Crippen molar-refractivity contribution in [3.8, 4) is 0 Å². The van der Waals surface area contributed by atoms with Gasteiger partial charge in [0.25, 0.3) is 0 Å². The van der Waals surface area contributed by atoms with Crippen LogP contribution in [0.1, 0.15) is 316 Å². The van der Waals surface area contributed by atoms with Crippen LogP contribution >= 0.6 is 0 Å². The fourth-order valence-electron chi connectivity index (χ4n) is 9.16. The van der Waals surface area contributed by atoms with E-state index < -0.39 is 18.2 Å².